The number of ether oxygens (including phenoxy) is 1. The SMILES string of the molecule is COC(=O)c1cccc(NC(=O)c2cccc(C(=O)NC3CCCCC3)n2)c1. The first kappa shape index (κ1) is 19.5. The van der Waals surface area contributed by atoms with Crippen molar-refractivity contribution in [2.75, 3.05) is 12.4 Å². The first-order chi connectivity index (χ1) is 13.6. The first-order valence-corrected chi connectivity index (χ1v) is 9.34. The van der Waals surface area contributed by atoms with E-state index in [0.717, 1.165) is 25.7 Å². The number of rotatable bonds is 5. The molecule has 7 nitrogen and oxygen atoms in total. The quantitative estimate of drug-likeness (QED) is 0.775. The van der Waals surface area contributed by atoms with E-state index in [-0.39, 0.29) is 23.3 Å². The van der Waals surface area contributed by atoms with Crippen molar-refractivity contribution in [3.63, 3.8) is 0 Å². The largest absolute Gasteiger partial charge is 0.465 e. The number of anilines is 1. The van der Waals surface area contributed by atoms with E-state index < -0.39 is 11.9 Å². The lowest BCUT2D eigenvalue weighted by molar-refractivity contribution is 0.0600. The number of amides is 2. The van der Waals surface area contributed by atoms with Gasteiger partial charge in [-0.1, -0.05) is 31.4 Å². The summed E-state index contributed by atoms with van der Waals surface area (Å²) in [6.45, 7) is 0. The predicted octanol–water partition coefficient (Wildman–Crippen LogP) is 3.18. The molecule has 0 radical (unpaired) electrons. The summed E-state index contributed by atoms with van der Waals surface area (Å²) in [6.07, 6.45) is 5.39. The van der Waals surface area contributed by atoms with Gasteiger partial charge in [0.2, 0.25) is 0 Å². The summed E-state index contributed by atoms with van der Waals surface area (Å²) < 4.78 is 4.68. The highest BCUT2D eigenvalue weighted by Gasteiger charge is 2.18. The number of carbonyl (C=O) groups excluding carboxylic acids is 3. The van der Waals surface area contributed by atoms with Crippen molar-refractivity contribution in [3.05, 3.63) is 59.4 Å². The summed E-state index contributed by atoms with van der Waals surface area (Å²) in [6, 6.07) is 11.3. The van der Waals surface area contributed by atoms with Gasteiger partial charge in [-0.15, -0.1) is 0 Å². The van der Waals surface area contributed by atoms with Crippen LogP contribution in [-0.2, 0) is 4.74 Å². The summed E-state index contributed by atoms with van der Waals surface area (Å²) in [5.41, 5.74) is 1.10. The van der Waals surface area contributed by atoms with Gasteiger partial charge in [-0.3, -0.25) is 9.59 Å². The Labute approximate surface area is 163 Å². The summed E-state index contributed by atoms with van der Waals surface area (Å²) in [5.74, 6) is -1.22. The fraction of sp³-hybridized carbons (Fsp3) is 0.333. The minimum atomic E-state index is -0.490. The molecule has 0 atom stereocenters. The molecule has 1 aliphatic rings. The van der Waals surface area contributed by atoms with Crippen LogP contribution in [0.1, 0.15) is 63.4 Å². The van der Waals surface area contributed by atoms with Crippen LogP contribution in [0.25, 0.3) is 0 Å². The molecule has 0 saturated heterocycles. The van der Waals surface area contributed by atoms with Crippen LogP contribution in [0, 0.1) is 0 Å². The molecule has 1 fully saturated rings. The van der Waals surface area contributed by atoms with E-state index in [9.17, 15) is 14.4 Å². The Kier molecular flexibility index (Phi) is 6.37. The van der Waals surface area contributed by atoms with Gasteiger partial charge in [-0.25, -0.2) is 9.78 Å². The molecule has 3 rings (SSSR count). The standard InChI is InChI=1S/C21H23N3O4/c1-28-21(27)14-7-5-10-16(13-14)23-20(26)18-12-6-11-17(24-18)19(25)22-15-8-3-2-4-9-15/h5-7,10-13,15H,2-4,8-9H2,1H3,(H,22,25)(H,23,26). The van der Waals surface area contributed by atoms with Crippen LogP contribution in [0.5, 0.6) is 0 Å². The van der Waals surface area contributed by atoms with Gasteiger partial charge in [-0.05, 0) is 43.2 Å². The third-order valence-electron chi connectivity index (χ3n) is 4.70. The Morgan fingerprint density at radius 1 is 0.964 bits per heavy atom. The molecule has 0 aliphatic heterocycles. The minimum absolute atomic E-state index is 0.125. The van der Waals surface area contributed by atoms with E-state index in [1.54, 1.807) is 30.3 Å². The average molecular weight is 381 g/mol. The molecule has 2 aromatic rings. The maximum Gasteiger partial charge on any atom is 0.337 e. The minimum Gasteiger partial charge on any atom is -0.465 e. The lowest BCUT2D eigenvalue weighted by Gasteiger charge is -2.22. The Morgan fingerprint density at radius 2 is 1.64 bits per heavy atom. The number of carbonyl (C=O) groups is 3. The van der Waals surface area contributed by atoms with Crippen LogP contribution in [0.3, 0.4) is 0 Å². The Balaban J connectivity index is 1.68. The zero-order chi connectivity index (χ0) is 19.9. The Bertz CT molecular complexity index is 875. The van der Waals surface area contributed by atoms with E-state index in [1.165, 1.54) is 25.7 Å². The number of hydrogen-bond donors (Lipinski definition) is 2. The lowest BCUT2D eigenvalue weighted by atomic mass is 9.95. The van der Waals surface area contributed by atoms with Gasteiger partial charge in [0.15, 0.2) is 0 Å². The van der Waals surface area contributed by atoms with Crippen LogP contribution in [-0.4, -0.2) is 35.9 Å². The van der Waals surface area contributed by atoms with Crippen LogP contribution >= 0.6 is 0 Å². The second-order valence-corrected chi connectivity index (χ2v) is 6.74. The van der Waals surface area contributed by atoms with Crippen LogP contribution in [0.15, 0.2) is 42.5 Å². The molecule has 146 valence electrons. The summed E-state index contributed by atoms with van der Waals surface area (Å²) in [7, 11) is 1.29. The summed E-state index contributed by atoms with van der Waals surface area (Å²) in [5, 5.41) is 5.68. The second-order valence-electron chi connectivity index (χ2n) is 6.74. The molecule has 7 heteroatoms. The molecule has 1 heterocycles. The molecular formula is C21H23N3O4. The molecule has 0 unspecified atom stereocenters. The molecule has 1 aromatic carbocycles. The third kappa shape index (κ3) is 4.94. The zero-order valence-corrected chi connectivity index (χ0v) is 15.7. The molecule has 1 aliphatic carbocycles. The number of nitrogens with one attached hydrogen (secondary N) is 2. The van der Waals surface area contributed by atoms with E-state index in [0.29, 0.717) is 11.3 Å². The molecule has 0 spiro atoms. The lowest BCUT2D eigenvalue weighted by Crippen LogP contribution is -2.36. The number of hydrogen-bond acceptors (Lipinski definition) is 5. The van der Waals surface area contributed by atoms with E-state index in [1.807, 2.05) is 0 Å². The van der Waals surface area contributed by atoms with Gasteiger partial charge >= 0.3 is 5.97 Å². The third-order valence-corrected chi connectivity index (χ3v) is 4.70. The van der Waals surface area contributed by atoms with Crippen molar-refractivity contribution in [2.45, 2.75) is 38.1 Å². The van der Waals surface area contributed by atoms with Crippen molar-refractivity contribution in [3.8, 4) is 0 Å². The fourth-order valence-corrected chi connectivity index (χ4v) is 3.23. The first-order valence-electron chi connectivity index (χ1n) is 9.34. The molecule has 28 heavy (non-hydrogen) atoms. The second kappa shape index (κ2) is 9.12. The predicted molar refractivity (Wildman–Crippen MR) is 104 cm³/mol. The number of benzene rings is 1. The molecule has 0 bridgehead atoms. The number of aromatic nitrogens is 1. The maximum absolute atomic E-state index is 12.5. The molecular weight excluding hydrogens is 358 g/mol. The molecule has 2 N–H and O–H groups in total. The average Bonchev–Trinajstić information content (AvgIpc) is 2.74. The number of nitrogens with zero attached hydrogens (tertiary/aromatic N) is 1. The van der Waals surface area contributed by atoms with Crippen LogP contribution < -0.4 is 10.6 Å². The summed E-state index contributed by atoms with van der Waals surface area (Å²) >= 11 is 0. The zero-order valence-electron chi connectivity index (χ0n) is 15.7. The highest BCUT2D eigenvalue weighted by molar-refractivity contribution is 6.04. The molecule has 1 saturated carbocycles. The van der Waals surface area contributed by atoms with Crippen LogP contribution in [0.4, 0.5) is 5.69 Å². The summed E-state index contributed by atoms with van der Waals surface area (Å²) in [4.78, 5) is 40.8. The number of esters is 1. The van der Waals surface area contributed by atoms with E-state index in [4.69, 9.17) is 0 Å². The van der Waals surface area contributed by atoms with Crippen molar-refractivity contribution in [1.29, 1.82) is 0 Å². The van der Waals surface area contributed by atoms with E-state index in [2.05, 4.69) is 20.4 Å². The number of pyridine rings is 1. The topological polar surface area (TPSA) is 97.4 Å². The van der Waals surface area contributed by atoms with Gasteiger partial charge in [-0.2, -0.15) is 0 Å². The van der Waals surface area contributed by atoms with Gasteiger partial charge in [0.05, 0.1) is 12.7 Å². The van der Waals surface area contributed by atoms with Gasteiger partial charge in [0.25, 0.3) is 11.8 Å². The van der Waals surface area contributed by atoms with Gasteiger partial charge in [0, 0.05) is 11.7 Å². The number of methoxy groups -OCH3 is 1. The normalized spacial score (nSPS) is 14.2. The Hall–Kier alpha value is -3.22. The van der Waals surface area contributed by atoms with Gasteiger partial charge in [0.1, 0.15) is 11.4 Å². The highest BCUT2D eigenvalue weighted by atomic mass is 16.5. The van der Waals surface area contributed by atoms with Crippen LogP contribution in [0.2, 0.25) is 0 Å². The van der Waals surface area contributed by atoms with E-state index >= 15 is 0 Å². The van der Waals surface area contributed by atoms with Crippen molar-refractivity contribution >= 4 is 23.5 Å². The molecule has 1 aromatic heterocycles. The maximum atomic E-state index is 12.5. The fourth-order valence-electron chi connectivity index (χ4n) is 3.23. The van der Waals surface area contributed by atoms with Crippen molar-refractivity contribution < 1.29 is 19.1 Å². The van der Waals surface area contributed by atoms with Crippen molar-refractivity contribution in [1.82, 2.24) is 10.3 Å². The Morgan fingerprint density at radius 3 is 2.36 bits per heavy atom. The highest BCUT2D eigenvalue weighted by Crippen LogP contribution is 2.18. The molecule has 2 amide bonds. The monoisotopic (exact) mass is 381 g/mol. The van der Waals surface area contributed by atoms with Crippen molar-refractivity contribution in [2.24, 2.45) is 0 Å². The van der Waals surface area contributed by atoms with Gasteiger partial charge < -0.3 is 15.4 Å². The smallest absolute Gasteiger partial charge is 0.337 e.